The first-order valence-corrected chi connectivity index (χ1v) is 16.5. The number of allylic oxidation sites excluding steroid dienone is 1. The Kier molecular flexibility index (Phi) is 11.3. The van der Waals surface area contributed by atoms with Gasteiger partial charge in [0.15, 0.2) is 22.9 Å². The van der Waals surface area contributed by atoms with Gasteiger partial charge in [-0.3, -0.25) is 9.36 Å². The molecule has 1 aliphatic rings. The average molecular weight is 712 g/mol. The number of nitrogens with zero attached hydrogens (tertiary/aromatic N) is 2. The summed E-state index contributed by atoms with van der Waals surface area (Å²) in [6.07, 6.45) is 1.70. The lowest BCUT2D eigenvalue weighted by Crippen LogP contribution is -2.40. The molecule has 0 radical (unpaired) electrons. The van der Waals surface area contributed by atoms with E-state index in [4.69, 9.17) is 42.1 Å². The Balaban J connectivity index is 1.61. The van der Waals surface area contributed by atoms with E-state index in [-0.39, 0.29) is 31.0 Å². The molecule has 0 saturated heterocycles. The molecule has 3 aromatic carbocycles. The van der Waals surface area contributed by atoms with Crippen LogP contribution in [0.3, 0.4) is 0 Å². The molecule has 1 atom stereocenters. The first-order valence-electron chi connectivity index (χ1n) is 15.0. The largest absolute Gasteiger partial charge is 0.490 e. The smallest absolute Gasteiger partial charge is 0.343 e. The summed E-state index contributed by atoms with van der Waals surface area (Å²) in [6, 6.07) is 16.6. The number of methoxy groups -OCH3 is 1. The molecule has 4 aromatic rings. The molecule has 250 valence electrons. The number of thiazole rings is 1. The van der Waals surface area contributed by atoms with Crippen LogP contribution in [-0.4, -0.2) is 43.4 Å². The van der Waals surface area contributed by atoms with E-state index in [1.807, 2.05) is 12.1 Å². The summed E-state index contributed by atoms with van der Waals surface area (Å²) in [5.74, 6) is -0.0296. The number of hydrogen-bond acceptors (Lipinski definition) is 10. The second-order valence-electron chi connectivity index (χ2n) is 10.4. The highest BCUT2D eigenvalue weighted by molar-refractivity contribution is 7.07. The number of aromatic nitrogens is 1. The van der Waals surface area contributed by atoms with Crippen LogP contribution >= 0.6 is 34.5 Å². The number of rotatable bonds is 12. The van der Waals surface area contributed by atoms with Gasteiger partial charge in [0.25, 0.3) is 5.56 Å². The Bertz CT molecular complexity index is 2050. The molecule has 0 unspecified atom stereocenters. The van der Waals surface area contributed by atoms with Crippen molar-refractivity contribution in [1.29, 1.82) is 0 Å². The molecule has 1 aliphatic heterocycles. The molecule has 10 nitrogen and oxygen atoms in total. The van der Waals surface area contributed by atoms with Crippen molar-refractivity contribution in [2.75, 3.05) is 26.9 Å². The van der Waals surface area contributed by atoms with E-state index < -0.39 is 18.0 Å². The quantitative estimate of drug-likeness (QED) is 0.174. The molecule has 0 N–H and O–H groups in total. The minimum atomic E-state index is -0.906. The van der Waals surface area contributed by atoms with Gasteiger partial charge >= 0.3 is 11.9 Å². The zero-order valence-corrected chi connectivity index (χ0v) is 28.9. The third kappa shape index (κ3) is 7.75. The molecular weight excluding hydrogens is 679 g/mol. The zero-order chi connectivity index (χ0) is 34.4. The van der Waals surface area contributed by atoms with Crippen LogP contribution in [0.2, 0.25) is 10.0 Å². The van der Waals surface area contributed by atoms with Gasteiger partial charge in [-0.1, -0.05) is 52.7 Å². The molecule has 1 aromatic heterocycles. The molecular formula is C35H32Cl2N2O8S. The van der Waals surface area contributed by atoms with Crippen LogP contribution in [0.15, 0.2) is 81.7 Å². The van der Waals surface area contributed by atoms with Crippen molar-refractivity contribution < 1.29 is 33.3 Å². The number of carbonyl (C=O) groups is 2. The van der Waals surface area contributed by atoms with Gasteiger partial charge in [-0.15, -0.1) is 0 Å². The van der Waals surface area contributed by atoms with Crippen molar-refractivity contribution in [1.82, 2.24) is 4.57 Å². The van der Waals surface area contributed by atoms with Crippen molar-refractivity contribution in [2.24, 2.45) is 4.99 Å². The summed E-state index contributed by atoms with van der Waals surface area (Å²) in [4.78, 5) is 44.4. The Labute approximate surface area is 290 Å². The highest BCUT2D eigenvalue weighted by Gasteiger charge is 2.34. The normalized spacial score (nSPS) is 14.2. The summed E-state index contributed by atoms with van der Waals surface area (Å²) >= 11 is 13.6. The van der Waals surface area contributed by atoms with Gasteiger partial charge in [0.2, 0.25) is 0 Å². The number of ether oxygens (including phenoxy) is 5. The van der Waals surface area contributed by atoms with Crippen LogP contribution in [0, 0.1) is 0 Å². The number of hydrogen-bond donors (Lipinski definition) is 0. The van der Waals surface area contributed by atoms with E-state index in [1.54, 1.807) is 75.4 Å². The van der Waals surface area contributed by atoms with Crippen LogP contribution in [0.25, 0.3) is 6.08 Å². The lowest BCUT2D eigenvalue weighted by atomic mass is 9.95. The minimum Gasteiger partial charge on any atom is -0.490 e. The van der Waals surface area contributed by atoms with Crippen molar-refractivity contribution in [2.45, 2.75) is 33.4 Å². The number of benzene rings is 3. The van der Waals surface area contributed by atoms with E-state index in [0.29, 0.717) is 60.1 Å². The van der Waals surface area contributed by atoms with Crippen molar-refractivity contribution in [3.8, 4) is 17.2 Å². The molecule has 0 saturated carbocycles. The monoisotopic (exact) mass is 710 g/mol. The molecule has 5 rings (SSSR count). The van der Waals surface area contributed by atoms with Crippen LogP contribution < -0.4 is 29.1 Å². The van der Waals surface area contributed by atoms with Gasteiger partial charge < -0.3 is 23.7 Å². The number of fused-ring (bicyclic) bond motifs is 1. The van der Waals surface area contributed by atoms with E-state index in [9.17, 15) is 14.4 Å². The Morgan fingerprint density at radius 2 is 1.65 bits per heavy atom. The van der Waals surface area contributed by atoms with Crippen molar-refractivity contribution >= 4 is 52.6 Å². The molecule has 0 fully saturated rings. The highest BCUT2D eigenvalue weighted by Crippen LogP contribution is 2.36. The fourth-order valence-electron chi connectivity index (χ4n) is 5.03. The Morgan fingerprint density at radius 3 is 2.35 bits per heavy atom. The van der Waals surface area contributed by atoms with E-state index in [0.717, 1.165) is 5.56 Å². The number of halogens is 2. The summed E-state index contributed by atoms with van der Waals surface area (Å²) < 4.78 is 29.5. The molecule has 2 heterocycles. The van der Waals surface area contributed by atoms with Gasteiger partial charge in [0.1, 0.15) is 12.4 Å². The van der Waals surface area contributed by atoms with Crippen molar-refractivity contribution in [3.05, 3.63) is 118 Å². The maximum atomic E-state index is 14.2. The number of carbonyl (C=O) groups excluding carboxylic acids is 2. The van der Waals surface area contributed by atoms with Gasteiger partial charge in [-0.25, -0.2) is 14.6 Å². The van der Waals surface area contributed by atoms with Crippen LogP contribution in [-0.2, 0) is 25.7 Å². The Morgan fingerprint density at radius 1 is 0.917 bits per heavy atom. The van der Waals surface area contributed by atoms with E-state index in [2.05, 4.69) is 9.73 Å². The maximum Gasteiger partial charge on any atom is 0.343 e. The fraction of sp³-hybridized carbons (Fsp3) is 0.257. The third-order valence-electron chi connectivity index (χ3n) is 7.24. The molecule has 0 spiro atoms. The molecule has 0 bridgehead atoms. The topological polar surface area (TPSA) is 115 Å². The average Bonchev–Trinajstić information content (AvgIpc) is 3.37. The Hall–Kier alpha value is -4.58. The molecule has 0 amide bonds. The van der Waals surface area contributed by atoms with Crippen LogP contribution in [0.5, 0.6) is 17.2 Å². The van der Waals surface area contributed by atoms with Gasteiger partial charge in [0, 0.05) is 15.6 Å². The minimum absolute atomic E-state index is 0.130. The first-order chi connectivity index (χ1) is 23.1. The zero-order valence-electron chi connectivity index (χ0n) is 26.6. The summed E-state index contributed by atoms with van der Waals surface area (Å²) in [5.41, 5.74) is 2.27. The molecule has 0 aliphatic carbocycles. The lowest BCUT2D eigenvalue weighted by Gasteiger charge is -2.25. The fourth-order valence-corrected chi connectivity index (χ4v) is 6.38. The predicted octanol–water partition coefficient (Wildman–Crippen LogP) is 5.63. The van der Waals surface area contributed by atoms with Gasteiger partial charge in [-0.05, 0) is 80.4 Å². The molecule has 13 heteroatoms. The molecule has 48 heavy (non-hydrogen) atoms. The summed E-state index contributed by atoms with van der Waals surface area (Å²) in [6.45, 7) is 5.58. The van der Waals surface area contributed by atoms with Crippen LogP contribution in [0.1, 0.15) is 43.5 Å². The van der Waals surface area contributed by atoms with Gasteiger partial charge in [0.05, 0.1) is 42.2 Å². The first kappa shape index (κ1) is 34.7. The summed E-state index contributed by atoms with van der Waals surface area (Å²) in [5, 5.41) is 1.09. The van der Waals surface area contributed by atoms with Crippen LogP contribution in [0.4, 0.5) is 0 Å². The second-order valence-corrected chi connectivity index (χ2v) is 12.3. The van der Waals surface area contributed by atoms with Crippen molar-refractivity contribution in [3.63, 3.8) is 0 Å². The van der Waals surface area contributed by atoms with Gasteiger partial charge in [-0.2, -0.15) is 0 Å². The summed E-state index contributed by atoms with van der Waals surface area (Å²) in [7, 11) is 1.27. The SMILES string of the molecule is CCOC(=O)C1=C(C)N=c2s/c(=C/c3cc(Cl)ccc3OCc3ccc(Cl)cc3)c(=O)n2[C@H]1c1ccc(OCC(=O)OC)c(OCC)c1. The number of esters is 2. The third-order valence-corrected chi connectivity index (χ3v) is 8.71. The standard InChI is InChI=1S/C35H32Cl2N2O8S/c1-5-44-28-16-22(9-13-27(28)47-19-30(40)43-4)32-31(34(42)45-6-2)20(3)38-35-39(32)33(41)29(48-35)17-23-15-25(37)12-14-26(23)46-18-21-7-10-24(36)11-8-21/h7-17,32H,5-6,18-19H2,1-4H3/b29-17+/t32-/m0/s1. The highest BCUT2D eigenvalue weighted by atomic mass is 35.5. The maximum absolute atomic E-state index is 14.2. The lowest BCUT2D eigenvalue weighted by molar-refractivity contribution is -0.143. The van der Waals surface area contributed by atoms with E-state index >= 15 is 0 Å². The predicted molar refractivity (Wildman–Crippen MR) is 183 cm³/mol. The second kappa shape index (κ2) is 15.5. The van der Waals surface area contributed by atoms with E-state index in [1.165, 1.54) is 23.0 Å².